The van der Waals surface area contributed by atoms with E-state index in [0.29, 0.717) is 18.9 Å². The Hall–Kier alpha value is -1.94. The van der Waals surface area contributed by atoms with Crippen LogP contribution in [-0.2, 0) is 19.6 Å². The molecule has 1 fully saturated rings. The number of carbonyl (C=O) groups excluding carboxylic acids is 1. The van der Waals surface area contributed by atoms with Gasteiger partial charge in [-0.25, -0.2) is 13.1 Å². The number of thiophene rings is 1. The molecule has 0 spiro atoms. The molecule has 0 radical (unpaired) electrons. The number of anilines is 2. The third kappa shape index (κ3) is 4.57. The molecule has 1 aliphatic rings. The molecule has 0 atom stereocenters. The smallest absolute Gasteiger partial charge is 0.250 e. The monoisotopic (exact) mass is 381 g/mol. The zero-order chi connectivity index (χ0) is 17.7. The minimum absolute atomic E-state index is 0.189. The van der Waals surface area contributed by atoms with Crippen molar-refractivity contribution < 1.29 is 17.9 Å². The van der Waals surface area contributed by atoms with Crippen molar-refractivity contribution in [3.05, 3.63) is 41.8 Å². The lowest BCUT2D eigenvalue weighted by molar-refractivity contribution is -0.115. The molecule has 0 bridgehead atoms. The summed E-state index contributed by atoms with van der Waals surface area (Å²) in [7, 11) is -3.65. The molecular formula is C16H19N3O4S2. The van der Waals surface area contributed by atoms with Crippen molar-refractivity contribution >= 4 is 38.6 Å². The summed E-state index contributed by atoms with van der Waals surface area (Å²) in [6, 6.07) is 10.6. The van der Waals surface area contributed by atoms with Crippen LogP contribution in [0.1, 0.15) is 0 Å². The van der Waals surface area contributed by atoms with Crippen molar-refractivity contribution in [1.82, 2.24) is 4.72 Å². The van der Waals surface area contributed by atoms with Gasteiger partial charge in [-0.3, -0.25) is 4.79 Å². The molecule has 3 rings (SSSR count). The molecule has 25 heavy (non-hydrogen) atoms. The average Bonchev–Trinajstić information content (AvgIpc) is 3.17. The number of nitrogens with one attached hydrogen (secondary N) is 2. The molecule has 2 heterocycles. The van der Waals surface area contributed by atoms with Gasteiger partial charge in [0.15, 0.2) is 0 Å². The number of benzene rings is 1. The first-order valence-corrected chi connectivity index (χ1v) is 10.2. The first-order chi connectivity index (χ1) is 12.1. The number of nitrogens with zero attached hydrogens (tertiary/aromatic N) is 1. The van der Waals surface area contributed by atoms with Gasteiger partial charge in [0.05, 0.1) is 31.1 Å². The van der Waals surface area contributed by atoms with Gasteiger partial charge in [-0.05, 0) is 23.6 Å². The summed E-state index contributed by atoms with van der Waals surface area (Å²) in [4.78, 5) is 14.3. The van der Waals surface area contributed by atoms with E-state index in [0.717, 1.165) is 30.1 Å². The van der Waals surface area contributed by atoms with Crippen molar-refractivity contribution in [3.63, 3.8) is 0 Å². The van der Waals surface area contributed by atoms with Crippen LogP contribution in [0, 0.1) is 0 Å². The Balaban J connectivity index is 1.63. The topological polar surface area (TPSA) is 87.7 Å². The standard InChI is InChI=1S/C16H19N3O4S2/c20-15(12-17-25(21,22)16-6-3-11-24-16)18-13-4-1-2-5-14(13)19-7-9-23-10-8-19/h1-6,11,17H,7-10,12H2,(H,18,20). The summed E-state index contributed by atoms with van der Waals surface area (Å²) in [5.41, 5.74) is 1.56. The number of amides is 1. The Morgan fingerprint density at radius 3 is 2.64 bits per heavy atom. The molecule has 7 nitrogen and oxygen atoms in total. The van der Waals surface area contributed by atoms with Crippen LogP contribution >= 0.6 is 11.3 Å². The number of rotatable bonds is 6. The normalized spacial score (nSPS) is 15.1. The van der Waals surface area contributed by atoms with Crippen LogP contribution in [0.3, 0.4) is 0 Å². The van der Waals surface area contributed by atoms with Gasteiger partial charge in [0.25, 0.3) is 10.0 Å². The summed E-state index contributed by atoms with van der Waals surface area (Å²) in [5.74, 6) is -0.416. The van der Waals surface area contributed by atoms with Crippen LogP contribution in [0.5, 0.6) is 0 Å². The molecule has 0 aliphatic carbocycles. The third-order valence-electron chi connectivity index (χ3n) is 3.71. The fourth-order valence-electron chi connectivity index (χ4n) is 2.50. The highest BCUT2D eigenvalue weighted by Gasteiger charge is 2.18. The number of para-hydroxylation sites is 2. The summed E-state index contributed by atoms with van der Waals surface area (Å²) >= 11 is 1.11. The predicted molar refractivity (Wildman–Crippen MR) is 97.6 cm³/mol. The summed E-state index contributed by atoms with van der Waals surface area (Å²) in [5, 5.41) is 4.45. The average molecular weight is 381 g/mol. The molecule has 1 amide bonds. The van der Waals surface area contributed by atoms with Crippen LogP contribution in [-0.4, -0.2) is 47.2 Å². The highest BCUT2D eigenvalue weighted by atomic mass is 32.2. The number of carbonyl (C=O) groups is 1. The van der Waals surface area contributed by atoms with Crippen LogP contribution in [0.2, 0.25) is 0 Å². The zero-order valence-electron chi connectivity index (χ0n) is 13.5. The molecule has 0 unspecified atom stereocenters. The maximum atomic E-state index is 12.2. The molecule has 1 aliphatic heterocycles. The second-order valence-electron chi connectivity index (χ2n) is 5.42. The van der Waals surface area contributed by atoms with Crippen molar-refractivity contribution in [2.24, 2.45) is 0 Å². The van der Waals surface area contributed by atoms with Gasteiger partial charge in [-0.15, -0.1) is 11.3 Å². The molecule has 0 saturated carbocycles. The maximum Gasteiger partial charge on any atom is 0.250 e. The van der Waals surface area contributed by atoms with E-state index in [9.17, 15) is 13.2 Å². The SMILES string of the molecule is O=C(CNS(=O)(=O)c1cccs1)Nc1ccccc1N1CCOCC1. The zero-order valence-corrected chi connectivity index (χ0v) is 15.1. The van der Waals surface area contributed by atoms with Gasteiger partial charge in [-0.1, -0.05) is 18.2 Å². The third-order valence-corrected chi connectivity index (χ3v) is 6.51. The number of sulfonamides is 1. The molecule has 9 heteroatoms. The Kier molecular flexibility index (Phi) is 5.69. The van der Waals surface area contributed by atoms with E-state index >= 15 is 0 Å². The second kappa shape index (κ2) is 7.96. The molecule has 2 aromatic rings. The minimum Gasteiger partial charge on any atom is -0.378 e. The number of hydrogen-bond donors (Lipinski definition) is 2. The van der Waals surface area contributed by atoms with E-state index in [1.165, 1.54) is 6.07 Å². The number of morpholine rings is 1. The highest BCUT2D eigenvalue weighted by Crippen LogP contribution is 2.26. The number of hydrogen-bond acceptors (Lipinski definition) is 6. The van der Waals surface area contributed by atoms with Crippen LogP contribution < -0.4 is 14.9 Å². The van der Waals surface area contributed by atoms with Crippen LogP contribution in [0.15, 0.2) is 46.0 Å². The van der Waals surface area contributed by atoms with E-state index in [4.69, 9.17) is 4.74 Å². The Morgan fingerprint density at radius 2 is 1.92 bits per heavy atom. The first-order valence-electron chi connectivity index (χ1n) is 7.81. The first kappa shape index (κ1) is 17.9. The lowest BCUT2D eigenvalue weighted by Gasteiger charge is -2.30. The lowest BCUT2D eigenvalue weighted by atomic mass is 10.2. The fraction of sp³-hybridized carbons (Fsp3) is 0.312. The van der Waals surface area contributed by atoms with Gasteiger partial charge in [0.1, 0.15) is 4.21 Å². The van der Waals surface area contributed by atoms with Crippen LogP contribution in [0.4, 0.5) is 11.4 Å². The molecule has 1 aromatic carbocycles. The van der Waals surface area contributed by atoms with Gasteiger partial charge in [0.2, 0.25) is 5.91 Å². The fourth-order valence-corrected chi connectivity index (χ4v) is 4.52. The highest BCUT2D eigenvalue weighted by molar-refractivity contribution is 7.91. The largest absolute Gasteiger partial charge is 0.378 e. The lowest BCUT2D eigenvalue weighted by Crippen LogP contribution is -2.37. The Morgan fingerprint density at radius 1 is 1.16 bits per heavy atom. The van der Waals surface area contributed by atoms with E-state index in [2.05, 4.69) is 14.9 Å². The van der Waals surface area contributed by atoms with E-state index < -0.39 is 15.9 Å². The van der Waals surface area contributed by atoms with Crippen molar-refractivity contribution in [2.45, 2.75) is 4.21 Å². The molecule has 1 saturated heterocycles. The van der Waals surface area contributed by atoms with Gasteiger partial charge in [-0.2, -0.15) is 0 Å². The summed E-state index contributed by atoms with van der Waals surface area (Å²) < 4.78 is 32.0. The Labute approximate surface area is 150 Å². The quantitative estimate of drug-likeness (QED) is 0.792. The summed E-state index contributed by atoms with van der Waals surface area (Å²) in [6.07, 6.45) is 0. The van der Waals surface area contributed by atoms with E-state index in [1.807, 2.05) is 18.2 Å². The second-order valence-corrected chi connectivity index (χ2v) is 8.36. The molecule has 1 aromatic heterocycles. The number of ether oxygens (including phenoxy) is 1. The van der Waals surface area contributed by atoms with E-state index in [-0.39, 0.29) is 10.8 Å². The van der Waals surface area contributed by atoms with Gasteiger partial charge in [0, 0.05) is 13.1 Å². The molecule has 2 N–H and O–H groups in total. The maximum absolute atomic E-state index is 12.2. The molecular weight excluding hydrogens is 362 g/mol. The van der Waals surface area contributed by atoms with Crippen molar-refractivity contribution in [2.75, 3.05) is 43.1 Å². The summed E-state index contributed by atoms with van der Waals surface area (Å²) in [6.45, 7) is 2.46. The minimum atomic E-state index is -3.65. The molecule has 134 valence electrons. The van der Waals surface area contributed by atoms with Crippen molar-refractivity contribution in [1.29, 1.82) is 0 Å². The predicted octanol–water partition coefficient (Wildman–Crippen LogP) is 1.50. The van der Waals surface area contributed by atoms with Crippen molar-refractivity contribution in [3.8, 4) is 0 Å². The van der Waals surface area contributed by atoms with Crippen LogP contribution in [0.25, 0.3) is 0 Å². The van der Waals surface area contributed by atoms with Gasteiger partial charge >= 0.3 is 0 Å². The Bertz CT molecular complexity index is 816. The van der Waals surface area contributed by atoms with E-state index in [1.54, 1.807) is 17.5 Å². The van der Waals surface area contributed by atoms with Gasteiger partial charge < -0.3 is 15.0 Å².